The van der Waals surface area contributed by atoms with Crippen molar-refractivity contribution in [3.05, 3.63) is 59.7 Å². The lowest BCUT2D eigenvalue weighted by molar-refractivity contribution is -0.116. The number of hydrogen-bond donors (Lipinski definition) is 4. The van der Waals surface area contributed by atoms with Crippen LogP contribution in [0.2, 0.25) is 0 Å². The average Bonchev–Trinajstić information content (AvgIpc) is 2.61. The Kier molecular flexibility index (Phi) is 5.73. The minimum atomic E-state index is -0.532. The van der Waals surface area contributed by atoms with Crippen LogP contribution in [0.25, 0.3) is 0 Å². The fraction of sp³-hybridized carbons (Fsp3) is 0.167. The molecular weight excluding hydrogens is 320 g/mol. The summed E-state index contributed by atoms with van der Waals surface area (Å²) in [6.07, 6.45) is 0. The fourth-order valence-electron chi connectivity index (χ4n) is 2.18. The van der Waals surface area contributed by atoms with Crippen molar-refractivity contribution in [2.75, 3.05) is 17.7 Å². The Bertz CT molecular complexity index is 787. The maximum Gasteiger partial charge on any atom is 0.251 e. The molecule has 0 saturated heterocycles. The zero-order valence-electron chi connectivity index (χ0n) is 14.0. The number of benzene rings is 2. The van der Waals surface area contributed by atoms with Gasteiger partial charge in [-0.1, -0.05) is 6.07 Å². The molecule has 0 unspecified atom stereocenters. The van der Waals surface area contributed by atoms with E-state index in [1.54, 1.807) is 62.5 Å². The topological polar surface area (TPSA) is 113 Å². The molecule has 0 bridgehead atoms. The molecule has 0 radical (unpaired) electrons. The highest BCUT2D eigenvalue weighted by Crippen LogP contribution is 2.14. The number of nitrogens with one attached hydrogen (secondary N) is 3. The van der Waals surface area contributed by atoms with Crippen LogP contribution >= 0.6 is 0 Å². The van der Waals surface area contributed by atoms with Crippen LogP contribution in [0.15, 0.2) is 48.5 Å². The van der Waals surface area contributed by atoms with Crippen LogP contribution in [0, 0.1) is 0 Å². The molecule has 2 rings (SSSR count). The lowest BCUT2D eigenvalue weighted by Crippen LogP contribution is -2.32. The van der Waals surface area contributed by atoms with Crippen molar-refractivity contribution in [2.45, 2.75) is 13.0 Å². The van der Waals surface area contributed by atoms with E-state index in [1.807, 2.05) is 0 Å². The van der Waals surface area contributed by atoms with Gasteiger partial charge in [-0.05, 0) is 49.4 Å². The van der Waals surface area contributed by atoms with Gasteiger partial charge in [0.15, 0.2) is 0 Å². The Balaban J connectivity index is 2.00. The van der Waals surface area contributed by atoms with Gasteiger partial charge in [0.25, 0.3) is 5.91 Å². The van der Waals surface area contributed by atoms with Crippen LogP contribution in [0.3, 0.4) is 0 Å². The van der Waals surface area contributed by atoms with Crippen LogP contribution in [0.4, 0.5) is 11.4 Å². The second-order valence-corrected chi connectivity index (χ2v) is 5.46. The molecule has 0 aliphatic rings. The molecule has 2 aromatic rings. The molecule has 3 amide bonds. The maximum absolute atomic E-state index is 12.3. The molecule has 0 aromatic heterocycles. The SMILES string of the molecule is CNC(=O)c1cccc(N[C@H](C)C(=O)Nc2ccc(C(N)=O)cc2)c1. The predicted molar refractivity (Wildman–Crippen MR) is 96.5 cm³/mol. The first-order chi connectivity index (χ1) is 11.9. The van der Waals surface area contributed by atoms with E-state index in [1.165, 1.54) is 0 Å². The van der Waals surface area contributed by atoms with Crippen molar-refractivity contribution < 1.29 is 14.4 Å². The highest BCUT2D eigenvalue weighted by molar-refractivity contribution is 5.98. The third-order valence-corrected chi connectivity index (χ3v) is 3.57. The first kappa shape index (κ1) is 18.0. The van der Waals surface area contributed by atoms with E-state index in [2.05, 4.69) is 16.0 Å². The molecule has 5 N–H and O–H groups in total. The molecule has 0 saturated carbocycles. The first-order valence-electron chi connectivity index (χ1n) is 7.70. The molecule has 0 fully saturated rings. The molecule has 0 aliphatic carbocycles. The largest absolute Gasteiger partial charge is 0.374 e. The lowest BCUT2D eigenvalue weighted by atomic mass is 10.1. The lowest BCUT2D eigenvalue weighted by Gasteiger charge is -2.16. The average molecular weight is 340 g/mol. The second-order valence-electron chi connectivity index (χ2n) is 5.46. The standard InChI is InChI=1S/C18H20N4O3/c1-11(21-15-5-3-4-13(10-15)18(25)20-2)17(24)22-14-8-6-12(7-9-14)16(19)23/h3-11,21H,1-2H3,(H2,19,23)(H,20,25)(H,22,24)/t11-/m1/s1. The Morgan fingerprint density at radius 3 is 2.24 bits per heavy atom. The predicted octanol–water partition coefficient (Wildman–Crippen LogP) is 1.58. The second kappa shape index (κ2) is 7.96. The summed E-state index contributed by atoms with van der Waals surface area (Å²) >= 11 is 0. The van der Waals surface area contributed by atoms with Gasteiger partial charge in [-0.25, -0.2) is 0 Å². The third-order valence-electron chi connectivity index (χ3n) is 3.57. The van der Waals surface area contributed by atoms with Gasteiger partial charge in [0.05, 0.1) is 0 Å². The number of anilines is 2. The molecule has 0 spiro atoms. The van der Waals surface area contributed by atoms with Crippen LogP contribution in [-0.4, -0.2) is 30.8 Å². The molecule has 0 aliphatic heterocycles. The van der Waals surface area contributed by atoms with Gasteiger partial charge in [0.1, 0.15) is 6.04 Å². The summed E-state index contributed by atoms with van der Waals surface area (Å²) in [4.78, 5) is 35.0. The number of hydrogen-bond acceptors (Lipinski definition) is 4. The van der Waals surface area contributed by atoms with Gasteiger partial charge < -0.3 is 21.7 Å². The van der Waals surface area contributed by atoms with Crippen LogP contribution < -0.4 is 21.7 Å². The summed E-state index contributed by atoms with van der Waals surface area (Å²) < 4.78 is 0. The Morgan fingerprint density at radius 2 is 1.64 bits per heavy atom. The van der Waals surface area contributed by atoms with Crippen molar-refractivity contribution in [2.24, 2.45) is 5.73 Å². The third kappa shape index (κ3) is 4.81. The van der Waals surface area contributed by atoms with Crippen molar-refractivity contribution in [3.8, 4) is 0 Å². The summed E-state index contributed by atoms with van der Waals surface area (Å²) in [5.74, 6) is -0.976. The maximum atomic E-state index is 12.3. The first-order valence-corrected chi connectivity index (χ1v) is 7.70. The van der Waals surface area contributed by atoms with Crippen molar-refractivity contribution in [3.63, 3.8) is 0 Å². The van der Waals surface area contributed by atoms with Gasteiger partial charge in [-0.3, -0.25) is 14.4 Å². The van der Waals surface area contributed by atoms with Gasteiger partial charge in [0, 0.05) is 29.5 Å². The number of rotatable bonds is 6. The number of amides is 3. The van der Waals surface area contributed by atoms with Crippen molar-refractivity contribution in [1.82, 2.24) is 5.32 Å². The van der Waals surface area contributed by atoms with Crippen molar-refractivity contribution in [1.29, 1.82) is 0 Å². The van der Waals surface area contributed by atoms with E-state index >= 15 is 0 Å². The van der Waals surface area contributed by atoms with E-state index in [0.717, 1.165) is 0 Å². The number of carbonyl (C=O) groups excluding carboxylic acids is 3. The van der Waals surface area contributed by atoms with Gasteiger partial charge >= 0.3 is 0 Å². The van der Waals surface area contributed by atoms with E-state index in [-0.39, 0.29) is 11.8 Å². The zero-order valence-corrected chi connectivity index (χ0v) is 14.0. The Hall–Kier alpha value is -3.35. The summed E-state index contributed by atoms with van der Waals surface area (Å²) in [6, 6.07) is 12.6. The Labute approximate surface area is 145 Å². The smallest absolute Gasteiger partial charge is 0.251 e. The van der Waals surface area contributed by atoms with E-state index in [0.29, 0.717) is 22.5 Å². The van der Waals surface area contributed by atoms with E-state index < -0.39 is 11.9 Å². The Morgan fingerprint density at radius 1 is 0.960 bits per heavy atom. The summed E-state index contributed by atoms with van der Waals surface area (Å²) in [7, 11) is 1.56. The molecule has 25 heavy (non-hydrogen) atoms. The molecular formula is C18H20N4O3. The fourth-order valence-corrected chi connectivity index (χ4v) is 2.18. The molecule has 7 heteroatoms. The van der Waals surface area contributed by atoms with E-state index in [4.69, 9.17) is 5.73 Å². The summed E-state index contributed by atoms with van der Waals surface area (Å²) in [6.45, 7) is 1.71. The van der Waals surface area contributed by atoms with Crippen LogP contribution in [0.5, 0.6) is 0 Å². The molecule has 0 heterocycles. The minimum absolute atomic E-state index is 0.199. The summed E-state index contributed by atoms with van der Waals surface area (Å²) in [5.41, 5.74) is 7.27. The van der Waals surface area contributed by atoms with Gasteiger partial charge in [0.2, 0.25) is 11.8 Å². The molecule has 7 nitrogen and oxygen atoms in total. The highest BCUT2D eigenvalue weighted by Gasteiger charge is 2.14. The van der Waals surface area contributed by atoms with Gasteiger partial charge in [-0.15, -0.1) is 0 Å². The number of primary amides is 1. The number of nitrogens with two attached hydrogens (primary N) is 1. The summed E-state index contributed by atoms with van der Waals surface area (Å²) in [5, 5.41) is 8.34. The van der Waals surface area contributed by atoms with E-state index in [9.17, 15) is 14.4 Å². The molecule has 1 atom stereocenters. The van der Waals surface area contributed by atoms with Crippen molar-refractivity contribution >= 4 is 29.1 Å². The van der Waals surface area contributed by atoms with Crippen LogP contribution in [0.1, 0.15) is 27.6 Å². The van der Waals surface area contributed by atoms with Crippen LogP contribution in [-0.2, 0) is 4.79 Å². The monoisotopic (exact) mass is 340 g/mol. The zero-order chi connectivity index (χ0) is 18.4. The molecule has 2 aromatic carbocycles. The quantitative estimate of drug-likeness (QED) is 0.639. The molecule has 130 valence electrons. The number of carbonyl (C=O) groups is 3. The highest BCUT2D eigenvalue weighted by atomic mass is 16.2. The minimum Gasteiger partial charge on any atom is -0.374 e. The van der Waals surface area contributed by atoms with Gasteiger partial charge in [-0.2, -0.15) is 0 Å². The normalized spacial score (nSPS) is 11.3.